The minimum Gasteiger partial charge on any atom is -0.657 e. The molecular formula is C128H110N8Zn2. The molecule has 8 nitrogen and oxygen atoms in total. The van der Waals surface area contributed by atoms with Gasteiger partial charge in [-0.2, -0.15) is 0 Å². The van der Waals surface area contributed by atoms with Crippen molar-refractivity contribution >= 4 is 229 Å². The van der Waals surface area contributed by atoms with Crippen LogP contribution in [0.4, 0.5) is 0 Å². The Morgan fingerprint density at radius 1 is 0.188 bits per heavy atom. The maximum absolute atomic E-state index is 6.51. The van der Waals surface area contributed by atoms with Crippen LogP contribution in [0.5, 0.6) is 0 Å². The van der Waals surface area contributed by atoms with E-state index in [4.69, 9.17) is 39.9 Å². The van der Waals surface area contributed by atoms with Crippen LogP contribution in [-0.2, 0) is 82.3 Å². The number of benzene rings is 16. The Balaban J connectivity index is 0.00000518. The molecule has 26 rings (SSSR count). The van der Waals surface area contributed by atoms with Gasteiger partial charge in [0.15, 0.2) is 0 Å². The normalized spacial score (nSPS) is 13.7. The van der Waals surface area contributed by atoms with E-state index in [1.165, 1.54) is 109 Å². The average molecular weight is 1890 g/mol. The molecule has 0 N–H and O–H groups in total. The zero-order valence-electron chi connectivity index (χ0n) is 83.9. The predicted molar refractivity (Wildman–Crippen MR) is 584 cm³/mol. The van der Waals surface area contributed by atoms with Gasteiger partial charge < -0.3 is 19.9 Å². The fourth-order valence-electron chi connectivity index (χ4n) is 23.2. The summed E-state index contributed by atoms with van der Waals surface area (Å²) >= 11 is 0. The molecule has 16 bridgehead atoms. The van der Waals surface area contributed by atoms with Crippen molar-refractivity contribution in [1.29, 1.82) is 0 Å². The Labute approximate surface area is 829 Å². The zero-order valence-corrected chi connectivity index (χ0v) is 89.9. The van der Waals surface area contributed by atoms with Gasteiger partial charge in [-0.05, 0) is 299 Å². The molecule has 666 valence electrons. The van der Waals surface area contributed by atoms with Gasteiger partial charge in [0.2, 0.25) is 0 Å². The van der Waals surface area contributed by atoms with Crippen molar-refractivity contribution < 1.29 is 39.0 Å². The first-order valence-electron chi connectivity index (χ1n) is 48.8. The summed E-state index contributed by atoms with van der Waals surface area (Å²) in [7, 11) is 0. The van der Waals surface area contributed by atoms with Crippen molar-refractivity contribution in [2.75, 3.05) is 0 Å². The first-order valence-corrected chi connectivity index (χ1v) is 48.8. The minimum atomic E-state index is -0.259. The molecule has 0 fully saturated rings. The summed E-state index contributed by atoms with van der Waals surface area (Å²) in [5.74, 6) is 0. The van der Waals surface area contributed by atoms with Crippen LogP contribution < -0.4 is 19.9 Å². The smallest absolute Gasteiger partial charge is 0.657 e. The summed E-state index contributed by atoms with van der Waals surface area (Å²) in [6.45, 7) is 56.2. The Hall–Kier alpha value is -12.8. The van der Waals surface area contributed by atoms with Gasteiger partial charge in [0.05, 0.1) is 44.5 Å². The molecule has 1 aliphatic rings. The molecule has 0 atom stereocenters. The molecule has 10 heterocycles. The Bertz CT molecular complexity index is 9680. The van der Waals surface area contributed by atoms with E-state index in [1.54, 1.807) is 0 Å². The van der Waals surface area contributed by atoms with Gasteiger partial charge >= 0.3 is 39.0 Å². The second-order valence-corrected chi connectivity index (χ2v) is 48.4. The summed E-state index contributed by atoms with van der Waals surface area (Å²) in [6.07, 6.45) is 4.56. The summed E-state index contributed by atoms with van der Waals surface area (Å²) in [5.41, 5.74) is 28.8. The van der Waals surface area contributed by atoms with Gasteiger partial charge in [0.25, 0.3) is 0 Å². The minimum absolute atomic E-state index is 0. The van der Waals surface area contributed by atoms with E-state index in [1.807, 2.05) is 0 Å². The second-order valence-electron chi connectivity index (χ2n) is 48.4. The van der Waals surface area contributed by atoms with Crippen LogP contribution in [0.1, 0.15) is 222 Å². The molecule has 0 spiro atoms. The molecule has 0 aliphatic carbocycles. The molecule has 16 aromatic carbocycles. The van der Waals surface area contributed by atoms with Crippen LogP contribution >= 0.6 is 0 Å². The maximum atomic E-state index is 6.51. The number of nitrogens with zero attached hydrogens (tertiary/aromatic N) is 8. The maximum Gasteiger partial charge on any atom is 2.00 e. The van der Waals surface area contributed by atoms with Crippen molar-refractivity contribution in [2.24, 2.45) is 0 Å². The van der Waals surface area contributed by atoms with Crippen LogP contribution in [0, 0.1) is 0 Å². The van der Waals surface area contributed by atoms with Gasteiger partial charge in [-0.3, -0.25) is 0 Å². The first kappa shape index (κ1) is 87.9. The SMILES string of the molecule is CC(C)(C)c1cc(-c2c3nc(c4c5cc6cccc7ccc8ccc(c9cc([n-]c94)c(-c4cc(C(C)(C)C)cc(C(C)(C)C)c4)c4cc9c%10cc%11[n-]c%10c%10c%12nc(cc%12c%12cc2[n-]c%12c%10c9n4)c(-c2cc(C(C)(C)C)cc(C(C)(C)C)c2)c2ccc([n-]2)c2c4ccc9ccc%10cccc%12cc(c%13cc(nc%132)c%11-c2cc(C(C)(C)C)cc(C(C)(C)C)c2)c4c9c%10%12)c5c8c76)C=C3)cc(C(C)(C)C)c1.[Zn+2].[Zn+2]. The third-order valence-electron chi connectivity index (χ3n) is 30.9. The van der Waals surface area contributed by atoms with Crippen molar-refractivity contribution in [2.45, 2.75) is 209 Å². The van der Waals surface area contributed by atoms with E-state index in [9.17, 15) is 0 Å². The number of hydrogen-bond acceptors (Lipinski definition) is 4. The predicted octanol–water partition coefficient (Wildman–Crippen LogP) is 34.6. The third kappa shape index (κ3) is 12.9. The van der Waals surface area contributed by atoms with Crippen molar-refractivity contribution in [1.82, 2.24) is 39.9 Å². The number of rotatable bonds is 4. The van der Waals surface area contributed by atoms with E-state index in [0.29, 0.717) is 0 Å². The van der Waals surface area contributed by atoms with Gasteiger partial charge in [0, 0.05) is 16.2 Å². The van der Waals surface area contributed by atoms with Gasteiger partial charge in [0.1, 0.15) is 0 Å². The van der Waals surface area contributed by atoms with Gasteiger partial charge in [-0.1, -0.05) is 354 Å². The molecular weight excluding hydrogens is 1780 g/mol. The van der Waals surface area contributed by atoms with Crippen LogP contribution in [0.15, 0.2) is 218 Å². The van der Waals surface area contributed by atoms with Crippen molar-refractivity contribution in [3.8, 4) is 44.5 Å². The van der Waals surface area contributed by atoms with E-state index in [0.717, 1.165) is 209 Å². The average Bonchev–Trinajstić information content (AvgIpc) is 1.49. The summed E-state index contributed by atoms with van der Waals surface area (Å²) in [4.78, 5) is 51.0. The summed E-state index contributed by atoms with van der Waals surface area (Å²) in [6, 6.07) is 85.3. The van der Waals surface area contributed by atoms with Crippen molar-refractivity contribution in [3.63, 3.8) is 0 Å². The van der Waals surface area contributed by atoms with Crippen LogP contribution in [0.3, 0.4) is 0 Å². The summed E-state index contributed by atoms with van der Waals surface area (Å²) < 4.78 is 0. The van der Waals surface area contributed by atoms with Crippen LogP contribution in [0.2, 0.25) is 0 Å². The van der Waals surface area contributed by atoms with Gasteiger partial charge in [-0.25, -0.2) is 19.9 Å². The fraction of sp³-hybridized carbons (Fsp3) is 0.250. The third-order valence-corrected chi connectivity index (χ3v) is 30.9. The van der Waals surface area contributed by atoms with E-state index in [2.05, 4.69) is 397 Å². The molecule has 25 aromatic rings. The fourth-order valence-corrected chi connectivity index (χ4v) is 23.2. The molecule has 10 heteroatoms. The molecule has 9 aromatic heterocycles. The molecule has 0 amide bonds. The molecule has 0 radical (unpaired) electrons. The topological polar surface area (TPSA) is 108 Å². The number of aromatic nitrogens is 8. The largest absolute Gasteiger partial charge is 2.00 e. The number of hydrogen-bond donors (Lipinski definition) is 0. The molecule has 138 heavy (non-hydrogen) atoms. The van der Waals surface area contributed by atoms with Crippen LogP contribution in [0.25, 0.3) is 274 Å². The Morgan fingerprint density at radius 3 is 0.899 bits per heavy atom. The monoisotopic (exact) mass is 1890 g/mol. The van der Waals surface area contributed by atoms with Gasteiger partial charge in [-0.15, -0.1) is 44.1 Å². The Kier molecular flexibility index (Phi) is 18.4. The molecule has 0 saturated heterocycles. The van der Waals surface area contributed by atoms with Crippen molar-refractivity contribution in [3.05, 3.63) is 274 Å². The summed E-state index contributed by atoms with van der Waals surface area (Å²) in [5, 5.41) is 28.8. The quantitative estimate of drug-likeness (QED) is 0.0974. The molecule has 0 unspecified atom stereocenters. The second kappa shape index (κ2) is 28.9. The van der Waals surface area contributed by atoms with E-state index >= 15 is 0 Å². The van der Waals surface area contributed by atoms with E-state index < -0.39 is 0 Å². The first-order chi connectivity index (χ1) is 64.4. The number of fused-ring (bicyclic) bond motifs is 18. The van der Waals surface area contributed by atoms with E-state index in [-0.39, 0.29) is 82.3 Å². The molecule has 1 aliphatic heterocycles. The zero-order chi connectivity index (χ0) is 94.0. The standard InChI is InChI=1S/C128H110N8.2Zn/c1-121(2,3)73-43-69(44-74(53-73)122(4,5)6)103-91-39-41-93(129-91)111-82-38-36-66-34-32-63-27-25-29-67-51-83(110(82)108(66)101(63)67)85-58-98(132-116(85)111)106(72-49-79(127(19,20)21)56-80(50-72)128(22,23)24)100-62-89-88-61-99-105(71-47-77(125(13,14)15)55-78(48-71)126(16,17)18)97-57-84-81-37-35-65-33-31-64-28-26-30-68-52-90(109(81)107(65)102(64)68)112(115(84)131-97)94-42-40-92(130-94)104(70-45-75(123(7,8)9)54-76(46-70)124(10,11)12)96-60-87-86-59-95(103)133-117(86)114(120(89)136-100)113(118(87)134-96)119(88)135-99;;/h25-62H,1-24H3;;/q-4;2*+2. The van der Waals surface area contributed by atoms with Crippen LogP contribution in [-0.4, -0.2) is 19.9 Å². The Morgan fingerprint density at radius 2 is 0.493 bits per heavy atom. The molecule has 0 saturated carbocycles.